The lowest BCUT2D eigenvalue weighted by atomic mass is 10.2. The van der Waals surface area contributed by atoms with Crippen molar-refractivity contribution in [3.8, 4) is 5.75 Å². The van der Waals surface area contributed by atoms with Crippen LogP contribution in [-0.2, 0) is 4.79 Å². The molecular formula is C18H14ClFN2O2S. The molecule has 0 aliphatic rings. The van der Waals surface area contributed by atoms with Crippen LogP contribution in [0.3, 0.4) is 0 Å². The fourth-order valence-corrected chi connectivity index (χ4v) is 3.31. The summed E-state index contributed by atoms with van der Waals surface area (Å²) < 4.78 is 20.0. The van der Waals surface area contributed by atoms with E-state index in [4.69, 9.17) is 16.3 Å². The fraction of sp³-hybridized carbons (Fsp3) is 0.111. The molecule has 0 bridgehead atoms. The maximum absolute atomic E-state index is 13.7. The summed E-state index contributed by atoms with van der Waals surface area (Å²) in [5, 5.41) is 3.37. The van der Waals surface area contributed by atoms with Gasteiger partial charge in [-0.3, -0.25) is 10.1 Å². The zero-order chi connectivity index (χ0) is 17.8. The van der Waals surface area contributed by atoms with E-state index in [1.54, 1.807) is 6.07 Å². The molecule has 0 spiro atoms. The van der Waals surface area contributed by atoms with Gasteiger partial charge in [0.25, 0.3) is 0 Å². The average molecular weight is 377 g/mol. The zero-order valence-electron chi connectivity index (χ0n) is 13.3. The molecule has 1 N–H and O–H groups in total. The van der Waals surface area contributed by atoms with Gasteiger partial charge < -0.3 is 4.74 Å². The molecule has 0 aliphatic carbocycles. The molecule has 0 radical (unpaired) electrons. The number of thiazole rings is 1. The number of carbonyl (C=O) groups is 1. The minimum Gasteiger partial charge on any atom is -0.494 e. The zero-order valence-corrected chi connectivity index (χ0v) is 14.8. The van der Waals surface area contributed by atoms with Crippen LogP contribution in [-0.4, -0.2) is 17.5 Å². The predicted molar refractivity (Wildman–Crippen MR) is 99.9 cm³/mol. The van der Waals surface area contributed by atoms with E-state index in [2.05, 4.69) is 10.3 Å². The Balaban J connectivity index is 1.74. The lowest BCUT2D eigenvalue weighted by Crippen LogP contribution is -2.07. The number of benzene rings is 2. The summed E-state index contributed by atoms with van der Waals surface area (Å²) >= 11 is 7.26. The van der Waals surface area contributed by atoms with Gasteiger partial charge in [0.2, 0.25) is 5.91 Å². The number of ether oxygens (including phenoxy) is 1. The number of hydrogen-bond acceptors (Lipinski definition) is 4. The molecular weight excluding hydrogens is 363 g/mol. The molecule has 1 amide bonds. The topological polar surface area (TPSA) is 51.2 Å². The Morgan fingerprint density at radius 1 is 1.40 bits per heavy atom. The number of nitrogens with zero attached hydrogens (tertiary/aromatic N) is 1. The minimum absolute atomic E-state index is 0.171. The third kappa shape index (κ3) is 4.15. The quantitative estimate of drug-likeness (QED) is 0.627. The second kappa shape index (κ2) is 7.63. The van der Waals surface area contributed by atoms with E-state index in [1.807, 2.05) is 25.1 Å². The van der Waals surface area contributed by atoms with Gasteiger partial charge in [0.05, 0.1) is 21.8 Å². The van der Waals surface area contributed by atoms with Crippen molar-refractivity contribution in [3.63, 3.8) is 0 Å². The van der Waals surface area contributed by atoms with Gasteiger partial charge in [0.1, 0.15) is 11.6 Å². The summed E-state index contributed by atoms with van der Waals surface area (Å²) in [6.07, 6.45) is 2.56. The highest BCUT2D eigenvalue weighted by atomic mass is 35.5. The average Bonchev–Trinajstić information content (AvgIpc) is 2.96. The number of anilines is 1. The van der Waals surface area contributed by atoms with Crippen LogP contribution in [0.2, 0.25) is 5.02 Å². The number of fused-ring (bicyclic) bond motifs is 1. The molecule has 1 aromatic heterocycles. The van der Waals surface area contributed by atoms with Crippen molar-refractivity contribution in [2.24, 2.45) is 0 Å². The highest BCUT2D eigenvalue weighted by Crippen LogP contribution is 2.29. The van der Waals surface area contributed by atoms with Crippen molar-refractivity contribution in [2.75, 3.05) is 11.9 Å². The van der Waals surface area contributed by atoms with Crippen molar-refractivity contribution in [3.05, 3.63) is 58.9 Å². The number of carbonyl (C=O) groups excluding carboxylic acids is 1. The normalized spacial score (nSPS) is 11.2. The van der Waals surface area contributed by atoms with Gasteiger partial charge in [-0.25, -0.2) is 9.37 Å². The van der Waals surface area contributed by atoms with Gasteiger partial charge in [0, 0.05) is 11.6 Å². The van der Waals surface area contributed by atoms with Crippen molar-refractivity contribution >= 4 is 50.3 Å². The van der Waals surface area contributed by atoms with E-state index >= 15 is 0 Å². The second-order valence-corrected chi connectivity index (χ2v) is 6.48. The fourth-order valence-electron chi connectivity index (χ4n) is 2.19. The molecule has 25 heavy (non-hydrogen) atoms. The van der Waals surface area contributed by atoms with Crippen molar-refractivity contribution in [2.45, 2.75) is 6.92 Å². The minimum atomic E-state index is -0.486. The monoisotopic (exact) mass is 376 g/mol. The summed E-state index contributed by atoms with van der Waals surface area (Å²) in [6.45, 7) is 2.49. The molecule has 0 saturated heterocycles. The molecule has 7 heteroatoms. The molecule has 128 valence electrons. The van der Waals surface area contributed by atoms with Crippen LogP contribution in [0.4, 0.5) is 9.52 Å². The van der Waals surface area contributed by atoms with Gasteiger partial charge in [0.15, 0.2) is 5.13 Å². The SMILES string of the molecule is CCOc1ccc2nc(NC(=O)/C=C/c3c(F)cccc3Cl)sc2c1. The van der Waals surface area contributed by atoms with Gasteiger partial charge in [-0.2, -0.15) is 0 Å². The molecule has 3 rings (SSSR count). The van der Waals surface area contributed by atoms with Crippen LogP contribution in [0.1, 0.15) is 12.5 Å². The molecule has 1 heterocycles. The lowest BCUT2D eigenvalue weighted by molar-refractivity contribution is -0.111. The van der Waals surface area contributed by atoms with E-state index in [9.17, 15) is 9.18 Å². The van der Waals surface area contributed by atoms with Crippen LogP contribution in [0.25, 0.3) is 16.3 Å². The van der Waals surface area contributed by atoms with Crippen LogP contribution in [0.15, 0.2) is 42.5 Å². The Hall–Kier alpha value is -2.44. The van der Waals surface area contributed by atoms with Crippen LogP contribution < -0.4 is 10.1 Å². The van der Waals surface area contributed by atoms with Crippen LogP contribution in [0.5, 0.6) is 5.75 Å². The third-order valence-electron chi connectivity index (χ3n) is 3.30. The first-order valence-corrected chi connectivity index (χ1v) is 8.72. The molecule has 3 aromatic rings. The number of rotatable bonds is 5. The maximum atomic E-state index is 13.7. The molecule has 2 aromatic carbocycles. The standard InChI is InChI=1S/C18H14ClFN2O2S/c1-2-24-11-6-8-15-16(10-11)25-18(21-15)22-17(23)9-7-12-13(19)4-3-5-14(12)20/h3-10H,2H2,1H3,(H,21,22,23)/b9-7+. The predicted octanol–water partition coefficient (Wildman–Crippen LogP) is 5.14. The Morgan fingerprint density at radius 2 is 2.24 bits per heavy atom. The Morgan fingerprint density at radius 3 is 3.00 bits per heavy atom. The largest absolute Gasteiger partial charge is 0.494 e. The summed E-state index contributed by atoms with van der Waals surface area (Å²) in [6, 6.07) is 9.89. The van der Waals surface area contributed by atoms with Gasteiger partial charge in [-0.05, 0) is 43.3 Å². The Kier molecular flexibility index (Phi) is 5.31. The van der Waals surface area contributed by atoms with E-state index in [-0.39, 0.29) is 10.6 Å². The molecule has 0 aliphatic heterocycles. The summed E-state index contributed by atoms with van der Waals surface area (Å²) in [4.78, 5) is 16.4. The third-order valence-corrected chi connectivity index (χ3v) is 4.57. The molecule has 0 atom stereocenters. The molecule has 0 fully saturated rings. The molecule has 4 nitrogen and oxygen atoms in total. The molecule has 0 unspecified atom stereocenters. The van der Waals surface area contributed by atoms with Crippen LogP contribution in [0, 0.1) is 5.82 Å². The summed E-state index contributed by atoms with van der Waals surface area (Å²) in [5.41, 5.74) is 0.940. The van der Waals surface area contributed by atoms with Gasteiger partial charge in [-0.15, -0.1) is 0 Å². The highest BCUT2D eigenvalue weighted by molar-refractivity contribution is 7.22. The first kappa shape index (κ1) is 17.4. The molecule has 0 saturated carbocycles. The van der Waals surface area contributed by atoms with Crippen molar-refractivity contribution in [1.29, 1.82) is 0 Å². The highest BCUT2D eigenvalue weighted by Gasteiger charge is 2.08. The summed E-state index contributed by atoms with van der Waals surface area (Å²) in [7, 11) is 0. The Bertz CT molecular complexity index is 935. The van der Waals surface area contributed by atoms with E-state index in [1.165, 1.54) is 35.6 Å². The van der Waals surface area contributed by atoms with Crippen molar-refractivity contribution < 1.29 is 13.9 Å². The maximum Gasteiger partial charge on any atom is 0.250 e. The van der Waals surface area contributed by atoms with E-state index < -0.39 is 11.7 Å². The second-order valence-electron chi connectivity index (χ2n) is 5.04. The first-order chi connectivity index (χ1) is 12.1. The van der Waals surface area contributed by atoms with Crippen LogP contribution >= 0.6 is 22.9 Å². The van der Waals surface area contributed by atoms with E-state index in [0.717, 1.165) is 16.0 Å². The number of halogens is 2. The Labute approximate surface area is 152 Å². The summed E-state index contributed by atoms with van der Waals surface area (Å²) in [5.74, 6) is -0.144. The van der Waals surface area contributed by atoms with Crippen molar-refractivity contribution in [1.82, 2.24) is 4.98 Å². The first-order valence-electron chi connectivity index (χ1n) is 7.53. The van der Waals surface area contributed by atoms with Gasteiger partial charge in [-0.1, -0.05) is 29.0 Å². The number of hydrogen-bond donors (Lipinski definition) is 1. The lowest BCUT2D eigenvalue weighted by Gasteiger charge is -2.00. The number of aromatic nitrogens is 1. The van der Waals surface area contributed by atoms with E-state index in [0.29, 0.717) is 11.7 Å². The smallest absolute Gasteiger partial charge is 0.250 e. The number of nitrogens with one attached hydrogen (secondary N) is 1. The number of amides is 1. The van der Waals surface area contributed by atoms with Gasteiger partial charge >= 0.3 is 0 Å².